The SMILES string of the molecule is Cc1ccc(NS(=O)(=O)c2cccc(C(=O)N3CCNC(C)C3)c2)cc1. The third kappa shape index (κ3) is 4.23. The molecule has 0 radical (unpaired) electrons. The first kappa shape index (κ1) is 18.4. The fraction of sp³-hybridized carbons (Fsp3) is 0.316. The molecule has 7 heteroatoms. The highest BCUT2D eigenvalue weighted by Crippen LogP contribution is 2.19. The smallest absolute Gasteiger partial charge is 0.261 e. The van der Waals surface area contributed by atoms with Gasteiger partial charge in [0.15, 0.2) is 0 Å². The number of amides is 1. The molecule has 0 bridgehead atoms. The van der Waals surface area contributed by atoms with Crippen LogP contribution in [0.15, 0.2) is 53.4 Å². The van der Waals surface area contributed by atoms with Crippen LogP contribution >= 0.6 is 0 Å². The second-order valence-electron chi connectivity index (χ2n) is 6.61. The lowest BCUT2D eigenvalue weighted by molar-refractivity contribution is 0.0709. The predicted molar refractivity (Wildman–Crippen MR) is 102 cm³/mol. The number of rotatable bonds is 4. The van der Waals surface area contributed by atoms with Crippen LogP contribution in [0.4, 0.5) is 5.69 Å². The van der Waals surface area contributed by atoms with Crippen molar-refractivity contribution in [2.75, 3.05) is 24.4 Å². The Morgan fingerprint density at radius 1 is 1.19 bits per heavy atom. The molecular weight excluding hydrogens is 350 g/mol. The predicted octanol–water partition coefficient (Wildman–Crippen LogP) is 2.23. The molecule has 138 valence electrons. The van der Waals surface area contributed by atoms with Gasteiger partial charge in [0.2, 0.25) is 0 Å². The first-order chi connectivity index (χ1) is 12.3. The number of hydrogen-bond donors (Lipinski definition) is 2. The van der Waals surface area contributed by atoms with E-state index in [-0.39, 0.29) is 16.8 Å². The molecule has 2 aromatic carbocycles. The van der Waals surface area contributed by atoms with Crippen LogP contribution in [0.2, 0.25) is 0 Å². The van der Waals surface area contributed by atoms with Crippen molar-refractivity contribution in [3.63, 3.8) is 0 Å². The van der Waals surface area contributed by atoms with Crippen molar-refractivity contribution in [1.29, 1.82) is 0 Å². The number of benzene rings is 2. The second kappa shape index (κ2) is 7.47. The van der Waals surface area contributed by atoms with Crippen LogP contribution in [0.25, 0.3) is 0 Å². The highest BCUT2D eigenvalue weighted by atomic mass is 32.2. The maximum Gasteiger partial charge on any atom is 0.261 e. The molecule has 3 rings (SSSR count). The molecule has 1 fully saturated rings. The molecule has 1 aliphatic rings. The summed E-state index contributed by atoms with van der Waals surface area (Å²) in [5, 5.41) is 3.29. The van der Waals surface area contributed by atoms with Crippen LogP contribution in [0.5, 0.6) is 0 Å². The Balaban J connectivity index is 1.81. The van der Waals surface area contributed by atoms with Crippen LogP contribution in [-0.2, 0) is 10.0 Å². The monoisotopic (exact) mass is 373 g/mol. The lowest BCUT2D eigenvalue weighted by atomic mass is 10.1. The van der Waals surface area contributed by atoms with Crippen molar-refractivity contribution < 1.29 is 13.2 Å². The fourth-order valence-electron chi connectivity index (χ4n) is 2.93. The molecule has 1 atom stereocenters. The van der Waals surface area contributed by atoms with Gasteiger partial charge in [0.05, 0.1) is 4.90 Å². The van der Waals surface area contributed by atoms with Crippen molar-refractivity contribution in [2.24, 2.45) is 0 Å². The summed E-state index contributed by atoms with van der Waals surface area (Å²) in [6.45, 7) is 5.91. The molecule has 0 aromatic heterocycles. The minimum absolute atomic E-state index is 0.0760. The van der Waals surface area contributed by atoms with Gasteiger partial charge >= 0.3 is 0 Å². The number of nitrogens with zero attached hydrogens (tertiary/aromatic N) is 1. The second-order valence-corrected chi connectivity index (χ2v) is 8.29. The number of piperazine rings is 1. The van der Waals surface area contributed by atoms with Gasteiger partial charge in [-0.05, 0) is 44.2 Å². The highest BCUT2D eigenvalue weighted by Gasteiger charge is 2.23. The van der Waals surface area contributed by atoms with Crippen LogP contribution in [0, 0.1) is 6.92 Å². The molecule has 26 heavy (non-hydrogen) atoms. The maximum absolute atomic E-state index is 12.7. The van der Waals surface area contributed by atoms with E-state index in [2.05, 4.69) is 10.0 Å². The molecule has 1 heterocycles. The van der Waals surface area contributed by atoms with E-state index >= 15 is 0 Å². The number of carbonyl (C=O) groups is 1. The standard InChI is InChI=1S/C19H23N3O3S/c1-14-6-8-17(9-7-14)21-26(24,25)18-5-3-4-16(12-18)19(23)22-11-10-20-15(2)13-22/h3-9,12,15,20-21H,10-11,13H2,1-2H3. The van der Waals surface area contributed by atoms with Crippen molar-refractivity contribution in [1.82, 2.24) is 10.2 Å². The third-order valence-corrected chi connectivity index (χ3v) is 5.73. The van der Waals surface area contributed by atoms with Gasteiger partial charge in [0.25, 0.3) is 15.9 Å². The zero-order valence-electron chi connectivity index (χ0n) is 14.9. The maximum atomic E-state index is 12.7. The number of aryl methyl sites for hydroxylation is 1. The molecule has 0 aliphatic carbocycles. The Morgan fingerprint density at radius 2 is 1.92 bits per heavy atom. The van der Waals surface area contributed by atoms with Crippen LogP contribution in [0.1, 0.15) is 22.8 Å². The summed E-state index contributed by atoms with van der Waals surface area (Å²) in [7, 11) is -3.76. The van der Waals surface area contributed by atoms with Gasteiger partial charge < -0.3 is 10.2 Å². The molecule has 2 N–H and O–H groups in total. The normalized spacial score (nSPS) is 17.8. The van der Waals surface area contributed by atoms with Crippen LogP contribution < -0.4 is 10.0 Å². The van der Waals surface area contributed by atoms with E-state index in [1.165, 1.54) is 12.1 Å². The summed E-state index contributed by atoms with van der Waals surface area (Å²) in [4.78, 5) is 14.5. The van der Waals surface area contributed by atoms with E-state index in [0.717, 1.165) is 12.1 Å². The van der Waals surface area contributed by atoms with Crippen LogP contribution in [-0.4, -0.2) is 44.9 Å². The summed E-state index contributed by atoms with van der Waals surface area (Å²) in [6.07, 6.45) is 0. The van der Waals surface area contributed by atoms with Crippen molar-refractivity contribution >= 4 is 21.6 Å². The molecule has 0 spiro atoms. The topological polar surface area (TPSA) is 78.5 Å². The molecule has 0 saturated carbocycles. The lowest BCUT2D eigenvalue weighted by Gasteiger charge is -2.32. The first-order valence-corrected chi connectivity index (χ1v) is 10.1. The molecular formula is C19H23N3O3S. The Labute approximate surface area is 154 Å². The van der Waals surface area contributed by atoms with Gasteiger partial charge in [-0.2, -0.15) is 0 Å². The molecule has 1 unspecified atom stereocenters. The summed E-state index contributed by atoms with van der Waals surface area (Å²) in [6, 6.07) is 13.5. The minimum Gasteiger partial charge on any atom is -0.336 e. The number of carbonyl (C=O) groups excluding carboxylic acids is 1. The summed E-state index contributed by atoms with van der Waals surface area (Å²) in [5.74, 6) is -0.147. The van der Waals surface area contributed by atoms with E-state index in [0.29, 0.717) is 24.3 Å². The third-order valence-electron chi connectivity index (χ3n) is 4.35. The van der Waals surface area contributed by atoms with Gasteiger partial charge in [-0.25, -0.2) is 8.42 Å². The number of sulfonamides is 1. The van der Waals surface area contributed by atoms with Gasteiger partial charge in [-0.3, -0.25) is 9.52 Å². The molecule has 1 saturated heterocycles. The van der Waals surface area contributed by atoms with Gasteiger partial charge in [0, 0.05) is 36.9 Å². The van der Waals surface area contributed by atoms with Gasteiger partial charge in [-0.15, -0.1) is 0 Å². The van der Waals surface area contributed by atoms with Crippen molar-refractivity contribution in [2.45, 2.75) is 24.8 Å². The summed E-state index contributed by atoms with van der Waals surface area (Å²) in [5.41, 5.74) is 1.92. The van der Waals surface area contributed by atoms with E-state index < -0.39 is 10.0 Å². The Hall–Kier alpha value is -2.38. The van der Waals surface area contributed by atoms with E-state index in [1.807, 2.05) is 26.0 Å². The van der Waals surface area contributed by atoms with Gasteiger partial charge in [-0.1, -0.05) is 23.8 Å². The van der Waals surface area contributed by atoms with E-state index in [4.69, 9.17) is 0 Å². The molecule has 6 nitrogen and oxygen atoms in total. The largest absolute Gasteiger partial charge is 0.336 e. The summed E-state index contributed by atoms with van der Waals surface area (Å²) >= 11 is 0. The quantitative estimate of drug-likeness (QED) is 0.861. The lowest BCUT2D eigenvalue weighted by Crippen LogP contribution is -2.51. The molecule has 1 amide bonds. The van der Waals surface area contributed by atoms with Crippen LogP contribution in [0.3, 0.4) is 0 Å². The highest BCUT2D eigenvalue weighted by molar-refractivity contribution is 7.92. The first-order valence-electron chi connectivity index (χ1n) is 8.57. The van der Waals surface area contributed by atoms with Crippen molar-refractivity contribution in [3.8, 4) is 0 Å². The molecule has 2 aromatic rings. The average molecular weight is 373 g/mol. The fourth-order valence-corrected chi connectivity index (χ4v) is 4.04. The number of nitrogens with one attached hydrogen (secondary N) is 2. The number of hydrogen-bond acceptors (Lipinski definition) is 4. The zero-order chi connectivity index (χ0) is 18.7. The Morgan fingerprint density at radius 3 is 2.62 bits per heavy atom. The number of anilines is 1. The summed E-state index contributed by atoms with van der Waals surface area (Å²) < 4.78 is 27.8. The van der Waals surface area contributed by atoms with Gasteiger partial charge in [0.1, 0.15) is 0 Å². The van der Waals surface area contributed by atoms with Crippen molar-refractivity contribution in [3.05, 3.63) is 59.7 Å². The minimum atomic E-state index is -3.76. The van der Waals surface area contributed by atoms with E-state index in [1.54, 1.807) is 29.2 Å². The molecule has 1 aliphatic heterocycles. The Bertz CT molecular complexity index is 895. The van der Waals surface area contributed by atoms with E-state index in [9.17, 15) is 13.2 Å². The zero-order valence-corrected chi connectivity index (χ0v) is 15.7. The average Bonchev–Trinajstić information content (AvgIpc) is 2.63. The Kier molecular flexibility index (Phi) is 5.29.